The number of rotatable bonds is 6. The Balaban J connectivity index is 2.34. The number of halogens is 1. The molecule has 7 heteroatoms. The Morgan fingerprint density at radius 3 is 2.84 bits per heavy atom. The van der Waals surface area contributed by atoms with Crippen LogP contribution in [0, 0.1) is 5.82 Å². The van der Waals surface area contributed by atoms with E-state index in [9.17, 15) is 14.0 Å². The van der Waals surface area contributed by atoms with Gasteiger partial charge in [-0.25, -0.2) is 9.18 Å². The van der Waals surface area contributed by atoms with Crippen molar-refractivity contribution < 1.29 is 19.1 Å². The minimum atomic E-state index is -0.901. The number of aliphatic carboxylic acids is 1. The molecule has 1 atom stereocenters. The second kappa shape index (κ2) is 7.30. The number of hydrogen-bond acceptors (Lipinski definition) is 3. The molecule has 0 aliphatic heterocycles. The normalized spacial score (nSPS) is 11.7. The lowest BCUT2D eigenvalue weighted by molar-refractivity contribution is -0.137. The van der Waals surface area contributed by atoms with Crippen molar-refractivity contribution in [1.29, 1.82) is 0 Å². The topological polar surface area (TPSA) is 91.3 Å². The van der Waals surface area contributed by atoms with Gasteiger partial charge in [0.1, 0.15) is 5.82 Å². The summed E-state index contributed by atoms with van der Waals surface area (Å²) in [6, 6.07) is 0.479. The highest BCUT2D eigenvalue weighted by Crippen LogP contribution is 2.11. The molecular formula is C12H16FN3O3. The molecule has 0 aliphatic carbocycles. The summed E-state index contributed by atoms with van der Waals surface area (Å²) in [7, 11) is 0. The average molecular weight is 269 g/mol. The van der Waals surface area contributed by atoms with Crippen molar-refractivity contribution in [2.45, 2.75) is 25.8 Å². The van der Waals surface area contributed by atoms with Crippen LogP contribution in [0.1, 0.15) is 31.4 Å². The maximum absolute atomic E-state index is 12.9. The Morgan fingerprint density at radius 1 is 1.47 bits per heavy atom. The van der Waals surface area contributed by atoms with Gasteiger partial charge in [0.25, 0.3) is 0 Å². The average Bonchev–Trinajstić information content (AvgIpc) is 2.34. The number of carboxylic acids is 1. The first-order chi connectivity index (χ1) is 8.99. The standard InChI is InChI=1S/C12H16FN3O3/c1-8(9-5-10(13)7-14-6-9)16-12(19)15-4-2-3-11(17)18/h5-8H,2-4H2,1H3,(H,17,18)(H2,15,16,19)/t8-/m0/s1. The van der Waals surface area contributed by atoms with Gasteiger partial charge in [0.2, 0.25) is 0 Å². The number of hydrogen-bond donors (Lipinski definition) is 3. The Hall–Kier alpha value is -2.18. The van der Waals surface area contributed by atoms with E-state index in [1.54, 1.807) is 6.92 Å². The molecule has 1 aromatic rings. The minimum absolute atomic E-state index is 0.00362. The number of nitrogens with zero attached hydrogens (tertiary/aromatic N) is 1. The maximum Gasteiger partial charge on any atom is 0.315 e. The molecule has 0 aromatic carbocycles. The predicted octanol–water partition coefficient (Wildman–Crippen LogP) is 1.45. The van der Waals surface area contributed by atoms with Crippen molar-refractivity contribution in [3.05, 3.63) is 29.8 Å². The number of carboxylic acid groups (broad SMARTS) is 1. The molecule has 0 fully saturated rings. The molecular weight excluding hydrogens is 253 g/mol. The van der Waals surface area contributed by atoms with E-state index in [0.29, 0.717) is 12.0 Å². The monoisotopic (exact) mass is 269 g/mol. The quantitative estimate of drug-likeness (QED) is 0.681. The molecule has 0 bridgehead atoms. The summed E-state index contributed by atoms with van der Waals surface area (Å²) in [5, 5.41) is 13.6. The van der Waals surface area contributed by atoms with Crippen LogP contribution in [0.15, 0.2) is 18.5 Å². The van der Waals surface area contributed by atoms with E-state index in [0.717, 1.165) is 6.20 Å². The summed E-state index contributed by atoms with van der Waals surface area (Å²) < 4.78 is 12.9. The van der Waals surface area contributed by atoms with Gasteiger partial charge in [0, 0.05) is 19.2 Å². The summed E-state index contributed by atoms with van der Waals surface area (Å²) in [6.07, 6.45) is 2.92. The second-order valence-corrected chi connectivity index (χ2v) is 4.06. The molecule has 0 unspecified atom stereocenters. The van der Waals surface area contributed by atoms with Crippen LogP contribution in [-0.2, 0) is 4.79 Å². The van der Waals surface area contributed by atoms with Gasteiger partial charge < -0.3 is 15.7 Å². The predicted molar refractivity (Wildman–Crippen MR) is 66.0 cm³/mol. The number of carbonyl (C=O) groups excluding carboxylic acids is 1. The van der Waals surface area contributed by atoms with Gasteiger partial charge in [0.05, 0.1) is 12.2 Å². The van der Waals surface area contributed by atoms with Crippen molar-refractivity contribution in [3.8, 4) is 0 Å². The molecule has 0 saturated heterocycles. The molecule has 2 amide bonds. The van der Waals surface area contributed by atoms with Crippen LogP contribution in [-0.4, -0.2) is 28.6 Å². The van der Waals surface area contributed by atoms with E-state index < -0.39 is 17.8 Å². The van der Waals surface area contributed by atoms with Crippen molar-refractivity contribution in [1.82, 2.24) is 15.6 Å². The number of nitrogens with one attached hydrogen (secondary N) is 2. The number of urea groups is 1. The van der Waals surface area contributed by atoms with Crippen LogP contribution < -0.4 is 10.6 Å². The molecule has 0 radical (unpaired) electrons. The van der Waals surface area contributed by atoms with Crippen molar-refractivity contribution in [3.63, 3.8) is 0 Å². The van der Waals surface area contributed by atoms with Crippen LogP contribution in [0.4, 0.5) is 9.18 Å². The molecule has 1 aromatic heterocycles. The lowest BCUT2D eigenvalue weighted by Gasteiger charge is -2.14. The summed E-state index contributed by atoms with van der Waals surface area (Å²) in [4.78, 5) is 25.4. The van der Waals surface area contributed by atoms with Crippen LogP contribution >= 0.6 is 0 Å². The molecule has 3 N–H and O–H groups in total. The highest BCUT2D eigenvalue weighted by molar-refractivity contribution is 5.74. The van der Waals surface area contributed by atoms with Crippen LogP contribution in [0.25, 0.3) is 0 Å². The van der Waals surface area contributed by atoms with E-state index in [1.165, 1.54) is 12.3 Å². The SMILES string of the molecule is C[C@H](NC(=O)NCCCC(=O)O)c1cncc(F)c1. The Kier molecular flexibility index (Phi) is 5.72. The first-order valence-electron chi connectivity index (χ1n) is 5.85. The van der Waals surface area contributed by atoms with Crippen LogP contribution in [0.5, 0.6) is 0 Å². The fourth-order valence-corrected chi connectivity index (χ4v) is 1.44. The van der Waals surface area contributed by atoms with Crippen molar-refractivity contribution in [2.75, 3.05) is 6.54 Å². The van der Waals surface area contributed by atoms with Gasteiger partial charge in [-0.1, -0.05) is 0 Å². The van der Waals surface area contributed by atoms with Gasteiger partial charge in [-0.05, 0) is 25.0 Å². The molecule has 0 saturated carbocycles. The van der Waals surface area contributed by atoms with Crippen LogP contribution in [0.3, 0.4) is 0 Å². The molecule has 104 valence electrons. The molecule has 0 spiro atoms. The number of pyridine rings is 1. The van der Waals surface area contributed by atoms with Gasteiger partial charge in [-0.15, -0.1) is 0 Å². The number of carbonyl (C=O) groups is 2. The third-order valence-corrected chi connectivity index (χ3v) is 2.43. The van der Waals surface area contributed by atoms with Crippen molar-refractivity contribution in [2.24, 2.45) is 0 Å². The number of aromatic nitrogens is 1. The van der Waals surface area contributed by atoms with Gasteiger partial charge in [-0.3, -0.25) is 9.78 Å². The first-order valence-corrected chi connectivity index (χ1v) is 5.85. The zero-order chi connectivity index (χ0) is 14.3. The first kappa shape index (κ1) is 14.9. The second-order valence-electron chi connectivity index (χ2n) is 4.06. The zero-order valence-electron chi connectivity index (χ0n) is 10.5. The van der Waals surface area contributed by atoms with E-state index in [2.05, 4.69) is 15.6 Å². The third kappa shape index (κ3) is 5.80. The smallest absolute Gasteiger partial charge is 0.315 e. The number of amides is 2. The lowest BCUT2D eigenvalue weighted by atomic mass is 10.1. The maximum atomic E-state index is 12.9. The van der Waals surface area contributed by atoms with Gasteiger partial charge in [-0.2, -0.15) is 0 Å². The Bertz CT molecular complexity index is 454. The molecule has 1 heterocycles. The minimum Gasteiger partial charge on any atom is -0.481 e. The zero-order valence-corrected chi connectivity index (χ0v) is 10.5. The Morgan fingerprint density at radius 2 is 2.21 bits per heavy atom. The molecule has 6 nitrogen and oxygen atoms in total. The van der Waals surface area contributed by atoms with Gasteiger partial charge in [0.15, 0.2) is 0 Å². The fourth-order valence-electron chi connectivity index (χ4n) is 1.44. The van der Waals surface area contributed by atoms with Gasteiger partial charge >= 0.3 is 12.0 Å². The lowest BCUT2D eigenvalue weighted by Crippen LogP contribution is -2.37. The van der Waals surface area contributed by atoms with E-state index >= 15 is 0 Å². The third-order valence-electron chi connectivity index (χ3n) is 2.43. The largest absolute Gasteiger partial charge is 0.481 e. The van der Waals surface area contributed by atoms with E-state index in [1.807, 2.05) is 0 Å². The molecule has 19 heavy (non-hydrogen) atoms. The van der Waals surface area contributed by atoms with E-state index in [-0.39, 0.29) is 19.0 Å². The Labute approximate surface area is 110 Å². The van der Waals surface area contributed by atoms with Crippen molar-refractivity contribution >= 4 is 12.0 Å². The highest BCUT2D eigenvalue weighted by Gasteiger charge is 2.10. The summed E-state index contributed by atoms with van der Waals surface area (Å²) in [5.74, 6) is -1.37. The molecule has 0 aliphatic rings. The summed E-state index contributed by atoms with van der Waals surface area (Å²) in [5.41, 5.74) is 0.556. The molecule has 1 rings (SSSR count). The summed E-state index contributed by atoms with van der Waals surface area (Å²) in [6.45, 7) is 1.97. The highest BCUT2D eigenvalue weighted by atomic mass is 19.1. The summed E-state index contributed by atoms with van der Waals surface area (Å²) >= 11 is 0. The van der Waals surface area contributed by atoms with Crippen LogP contribution in [0.2, 0.25) is 0 Å². The fraction of sp³-hybridized carbons (Fsp3) is 0.417. The van der Waals surface area contributed by atoms with E-state index in [4.69, 9.17) is 5.11 Å².